The fourth-order valence-electron chi connectivity index (χ4n) is 1.98. The highest BCUT2D eigenvalue weighted by atomic mass is 35.5. The predicted molar refractivity (Wildman–Crippen MR) is 95.9 cm³/mol. The molecule has 0 aliphatic heterocycles. The lowest BCUT2D eigenvalue weighted by Gasteiger charge is -2.13. The highest BCUT2D eigenvalue weighted by molar-refractivity contribution is 7.92. The Morgan fingerprint density at radius 2 is 1.71 bits per heavy atom. The van der Waals surface area contributed by atoms with Crippen molar-refractivity contribution in [2.45, 2.75) is 18.7 Å². The predicted octanol–water partition coefficient (Wildman–Crippen LogP) is 3.53. The first-order chi connectivity index (χ1) is 11.3. The lowest BCUT2D eigenvalue weighted by atomic mass is 10.1. The molecular weight excluding hydrogens is 348 g/mol. The van der Waals surface area contributed by atoms with Gasteiger partial charge in [-0.1, -0.05) is 37.6 Å². The molecule has 0 aliphatic carbocycles. The van der Waals surface area contributed by atoms with Crippen molar-refractivity contribution >= 4 is 33.2 Å². The molecule has 0 spiro atoms. The van der Waals surface area contributed by atoms with Gasteiger partial charge in [0.05, 0.1) is 16.1 Å². The molecule has 0 aliphatic rings. The molecule has 2 N–H and O–H groups in total. The normalized spacial score (nSPS) is 11.3. The summed E-state index contributed by atoms with van der Waals surface area (Å²) in [5, 5.41) is 3.23. The number of carbonyl (C=O) groups excluding carboxylic acids is 1. The Bertz CT molecular complexity index is 818. The van der Waals surface area contributed by atoms with E-state index in [9.17, 15) is 13.2 Å². The van der Waals surface area contributed by atoms with Crippen LogP contribution in [-0.4, -0.2) is 20.9 Å². The monoisotopic (exact) mass is 366 g/mol. The third kappa shape index (κ3) is 4.72. The van der Waals surface area contributed by atoms with E-state index in [0.29, 0.717) is 17.5 Å². The minimum absolute atomic E-state index is 0.0734. The van der Waals surface area contributed by atoms with Crippen LogP contribution in [0.25, 0.3) is 0 Å². The lowest BCUT2D eigenvalue weighted by molar-refractivity contribution is 0.0950. The van der Waals surface area contributed by atoms with Crippen LogP contribution in [0.2, 0.25) is 5.02 Å². The third-order valence-electron chi connectivity index (χ3n) is 3.21. The van der Waals surface area contributed by atoms with Crippen LogP contribution in [0.1, 0.15) is 24.2 Å². The van der Waals surface area contributed by atoms with Gasteiger partial charge in [0.1, 0.15) is 0 Å². The third-order valence-corrected chi connectivity index (χ3v) is 4.84. The van der Waals surface area contributed by atoms with Gasteiger partial charge in [-0.05, 0) is 42.3 Å². The average Bonchev–Trinajstić information content (AvgIpc) is 2.53. The number of rotatable bonds is 6. The number of nitrogens with one attached hydrogen (secondary N) is 2. The topological polar surface area (TPSA) is 75.3 Å². The molecule has 0 heterocycles. The van der Waals surface area contributed by atoms with E-state index in [-0.39, 0.29) is 22.1 Å². The first-order valence-electron chi connectivity index (χ1n) is 7.45. The van der Waals surface area contributed by atoms with Crippen molar-refractivity contribution in [1.29, 1.82) is 0 Å². The molecule has 2 aromatic rings. The SMILES string of the molecule is CC(C)CNC(=O)c1ccccc1NS(=O)(=O)c1ccc(Cl)cc1. The van der Waals surface area contributed by atoms with Gasteiger partial charge >= 0.3 is 0 Å². The van der Waals surface area contributed by atoms with E-state index < -0.39 is 10.0 Å². The fourth-order valence-corrected chi connectivity index (χ4v) is 3.19. The maximum atomic E-state index is 12.5. The van der Waals surface area contributed by atoms with Gasteiger partial charge in [0, 0.05) is 11.6 Å². The van der Waals surface area contributed by atoms with Gasteiger partial charge in [0.25, 0.3) is 15.9 Å². The summed E-state index contributed by atoms with van der Waals surface area (Å²) in [6.07, 6.45) is 0. The van der Waals surface area contributed by atoms with E-state index in [1.807, 2.05) is 13.8 Å². The summed E-state index contributed by atoms with van der Waals surface area (Å²) in [5.41, 5.74) is 0.504. The zero-order chi connectivity index (χ0) is 17.7. The van der Waals surface area contributed by atoms with E-state index in [0.717, 1.165) is 0 Å². The number of hydrogen-bond donors (Lipinski definition) is 2. The summed E-state index contributed by atoms with van der Waals surface area (Å²) in [7, 11) is -3.81. The van der Waals surface area contributed by atoms with Gasteiger partial charge in [-0.2, -0.15) is 0 Å². The molecule has 0 radical (unpaired) electrons. The number of para-hydroxylation sites is 1. The van der Waals surface area contributed by atoms with Gasteiger partial charge in [-0.15, -0.1) is 0 Å². The zero-order valence-corrected chi connectivity index (χ0v) is 15.0. The standard InChI is InChI=1S/C17H19ClN2O3S/c1-12(2)11-19-17(21)15-5-3-4-6-16(15)20-24(22,23)14-9-7-13(18)8-10-14/h3-10,12,20H,11H2,1-2H3,(H,19,21). The van der Waals surface area contributed by atoms with Crippen molar-refractivity contribution in [3.8, 4) is 0 Å². The Kier molecular flexibility index (Phi) is 5.85. The van der Waals surface area contributed by atoms with Crippen molar-refractivity contribution in [3.05, 3.63) is 59.1 Å². The average molecular weight is 367 g/mol. The molecule has 24 heavy (non-hydrogen) atoms. The summed E-state index contributed by atoms with van der Waals surface area (Å²) in [5.74, 6) is -0.0232. The Morgan fingerprint density at radius 3 is 2.33 bits per heavy atom. The van der Waals surface area contributed by atoms with Crippen LogP contribution in [0.4, 0.5) is 5.69 Å². The van der Waals surface area contributed by atoms with Gasteiger partial charge in [-0.25, -0.2) is 8.42 Å². The van der Waals surface area contributed by atoms with Crippen LogP contribution in [0, 0.1) is 5.92 Å². The Balaban J connectivity index is 2.26. The number of benzene rings is 2. The molecule has 7 heteroatoms. The molecule has 0 saturated carbocycles. The van der Waals surface area contributed by atoms with Crippen molar-refractivity contribution in [2.75, 3.05) is 11.3 Å². The summed E-state index contributed by atoms with van der Waals surface area (Å²) in [4.78, 5) is 12.3. The Labute approximate surface area is 147 Å². The second kappa shape index (κ2) is 7.68. The van der Waals surface area contributed by atoms with Crippen LogP contribution in [0.3, 0.4) is 0 Å². The molecule has 1 amide bonds. The largest absolute Gasteiger partial charge is 0.352 e. The number of sulfonamides is 1. The van der Waals surface area contributed by atoms with Crippen molar-refractivity contribution in [2.24, 2.45) is 5.92 Å². The molecule has 0 saturated heterocycles. The zero-order valence-electron chi connectivity index (χ0n) is 13.4. The Morgan fingerprint density at radius 1 is 1.08 bits per heavy atom. The minimum Gasteiger partial charge on any atom is -0.352 e. The number of amides is 1. The highest BCUT2D eigenvalue weighted by Gasteiger charge is 2.18. The first kappa shape index (κ1) is 18.3. The van der Waals surface area contributed by atoms with Crippen LogP contribution in [-0.2, 0) is 10.0 Å². The number of halogens is 1. The molecule has 0 unspecified atom stereocenters. The fraction of sp³-hybridized carbons (Fsp3) is 0.235. The van der Waals surface area contributed by atoms with E-state index in [1.165, 1.54) is 24.3 Å². The maximum absolute atomic E-state index is 12.5. The highest BCUT2D eigenvalue weighted by Crippen LogP contribution is 2.21. The second-order valence-corrected chi connectivity index (χ2v) is 7.83. The molecule has 0 bridgehead atoms. The summed E-state index contributed by atoms with van der Waals surface area (Å²) in [6, 6.07) is 12.3. The quantitative estimate of drug-likeness (QED) is 0.821. The first-order valence-corrected chi connectivity index (χ1v) is 9.31. The van der Waals surface area contributed by atoms with Gasteiger partial charge in [-0.3, -0.25) is 9.52 Å². The van der Waals surface area contributed by atoms with Crippen LogP contribution >= 0.6 is 11.6 Å². The molecular formula is C17H19ClN2O3S. The van der Waals surface area contributed by atoms with Crippen LogP contribution < -0.4 is 10.0 Å². The van der Waals surface area contributed by atoms with E-state index in [4.69, 9.17) is 11.6 Å². The van der Waals surface area contributed by atoms with E-state index >= 15 is 0 Å². The lowest BCUT2D eigenvalue weighted by Crippen LogP contribution is -2.28. The van der Waals surface area contributed by atoms with Crippen LogP contribution in [0.5, 0.6) is 0 Å². The van der Waals surface area contributed by atoms with E-state index in [1.54, 1.807) is 24.3 Å². The summed E-state index contributed by atoms with van der Waals surface area (Å²) >= 11 is 5.78. The van der Waals surface area contributed by atoms with Crippen molar-refractivity contribution < 1.29 is 13.2 Å². The Hall–Kier alpha value is -2.05. The van der Waals surface area contributed by atoms with Gasteiger partial charge < -0.3 is 5.32 Å². The van der Waals surface area contributed by atoms with Crippen LogP contribution in [0.15, 0.2) is 53.4 Å². The summed E-state index contributed by atoms with van der Waals surface area (Å²) in [6.45, 7) is 4.47. The molecule has 2 aromatic carbocycles. The molecule has 0 fully saturated rings. The smallest absolute Gasteiger partial charge is 0.261 e. The van der Waals surface area contributed by atoms with E-state index in [2.05, 4.69) is 10.0 Å². The minimum atomic E-state index is -3.81. The molecule has 128 valence electrons. The molecule has 0 atom stereocenters. The summed E-state index contributed by atoms with van der Waals surface area (Å²) < 4.78 is 27.4. The van der Waals surface area contributed by atoms with Gasteiger partial charge in [0.15, 0.2) is 0 Å². The van der Waals surface area contributed by atoms with Crippen molar-refractivity contribution in [3.63, 3.8) is 0 Å². The molecule has 5 nitrogen and oxygen atoms in total. The molecule has 0 aromatic heterocycles. The van der Waals surface area contributed by atoms with Gasteiger partial charge in [0.2, 0.25) is 0 Å². The second-order valence-electron chi connectivity index (χ2n) is 5.71. The van der Waals surface area contributed by atoms with Crippen molar-refractivity contribution in [1.82, 2.24) is 5.32 Å². The number of anilines is 1. The molecule has 2 rings (SSSR count). The number of carbonyl (C=O) groups is 1. The number of hydrogen-bond acceptors (Lipinski definition) is 3. The maximum Gasteiger partial charge on any atom is 0.261 e.